The van der Waals surface area contributed by atoms with Gasteiger partial charge in [0.15, 0.2) is 12.2 Å². The lowest BCUT2D eigenvalue weighted by Gasteiger charge is -2.10. The molecule has 8 nitrogen and oxygen atoms in total. The van der Waals surface area contributed by atoms with Crippen LogP contribution in [0.3, 0.4) is 0 Å². The van der Waals surface area contributed by atoms with Gasteiger partial charge in [0.2, 0.25) is 0 Å². The number of nitrogens with zero attached hydrogens (tertiary/aromatic N) is 1. The highest BCUT2D eigenvalue weighted by atomic mass is 16.5. The van der Waals surface area contributed by atoms with Gasteiger partial charge in [-0.25, -0.2) is 4.98 Å². The Morgan fingerprint density at radius 3 is 2.42 bits per heavy atom. The minimum absolute atomic E-state index is 0.401. The number of hydrogen-bond donors (Lipinski definition) is 3. The number of nitrogen functional groups attached to an aromatic ring is 1. The highest BCUT2D eigenvalue weighted by Crippen LogP contribution is 2.32. The molecular formula is C18H16N4O4. The first-order valence-corrected chi connectivity index (χ1v) is 7.61. The van der Waals surface area contributed by atoms with Crippen molar-refractivity contribution in [1.82, 2.24) is 4.98 Å². The maximum Gasteiger partial charge on any atom is 0.314 e. The first-order chi connectivity index (χ1) is 12.6. The summed E-state index contributed by atoms with van der Waals surface area (Å²) in [6.45, 7) is 0. The first kappa shape index (κ1) is 17.0. The third kappa shape index (κ3) is 3.81. The second-order valence-electron chi connectivity index (χ2n) is 5.31. The van der Waals surface area contributed by atoms with Crippen molar-refractivity contribution in [2.24, 2.45) is 0 Å². The number of carbonyl (C=O) groups excluding carboxylic acids is 2. The third-order valence-corrected chi connectivity index (χ3v) is 3.51. The van der Waals surface area contributed by atoms with E-state index < -0.39 is 11.8 Å². The van der Waals surface area contributed by atoms with Gasteiger partial charge in [0.1, 0.15) is 5.75 Å². The average molecular weight is 352 g/mol. The second-order valence-corrected chi connectivity index (χ2v) is 5.31. The molecule has 3 aromatic rings. The number of methoxy groups -OCH3 is 1. The number of amides is 2. The molecule has 0 bridgehead atoms. The van der Waals surface area contributed by atoms with Crippen molar-refractivity contribution in [3.05, 3.63) is 55.1 Å². The molecule has 3 rings (SSSR count). The van der Waals surface area contributed by atoms with Crippen molar-refractivity contribution in [3.63, 3.8) is 0 Å². The summed E-state index contributed by atoms with van der Waals surface area (Å²) >= 11 is 0. The quantitative estimate of drug-likeness (QED) is 0.490. The van der Waals surface area contributed by atoms with Crippen LogP contribution in [0.4, 0.5) is 17.1 Å². The molecule has 0 aliphatic heterocycles. The maximum atomic E-state index is 12.1. The summed E-state index contributed by atoms with van der Waals surface area (Å²) in [6, 6.07) is 11.5. The SMILES string of the molecule is COc1cc(NC(=O)C(=O)Nc2cccc(N)c2)ccc1-c1cnco1. The van der Waals surface area contributed by atoms with Gasteiger partial charge in [-0.1, -0.05) is 6.07 Å². The molecule has 0 fully saturated rings. The summed E-state index contributed by atoms with van der Waals surface area (Å²) in [5, 5.41) is 4.99. The summed E-state index contributed by atoms with van der Waals surface area (Å²) in [5.74, 6) is -0.634. The van der Waals surface area contributed by atoms with Gasteiger partial charge < -0.3 is 25.5 Å². The van der Waals surface area contributed by atoms with Crippen molar-refractivity contribution < 1.29 is 18.7 Å². The topological polar surface area (TPSA) is 119 Å². The first-order valence-electron chi connectivity index (χ1n) is 7.61. The van der Waals surface area contributed by atoms with Gasteiger partial charge in [0.05, 0.1) is 18.9 Å². The van der Waals surface area contributed by atoms with E-state index in [4.69, 9.17) is 14.9 Å². The van der Waals surface area contributed by atoms with Crippen LogP contribution in [0.1, 0.15) is 0 Å². The zero-order chi connectivity index (χ0) is 18.5. The summed E-state index contributed by atoms with van der Waals surface area (Å²) in [4.78, 5) is 28.0. The number of nitrogens with one attached hydrogen (secondary N) is 2. The van der Waals surface area contributed by atoms with E-state index in [0.29, 0.717) is 34.1 Å². The van der Waals surface area contributed by atoms with E-state index in [9.17, 15) is 9.59 Å². The molecule has 0 aliphatic carbocycles. The maximum absolute atomic E-state index is 12.1. The number of nitrogens with two attached hydrogens (primary N) is 1. The number of rotatable bonds is 4. The zero-order valence-corrected chi connectivity index (χ0v) is 13.9. The molecule has 2 amide bonds. The molecule has 26 heavy (non-hydrogen) atoms. The Bertz CT molecular complexity index is 938. The Balaban J connectivity index is 1.72. The third-order valence-electron chi connectivity index (χ3n) is 3.51. The van der Waals surface area contributed by atoms with E-state index in [2.05, 4.69) is 15.6 Å². The molecule has 1 heterocycles. The van der Waals surface area contributed by atoms with Crippen LogP contribution in [0.2, 0.25) is 0 Å². The highest BCUT2D eigenvalue weighted by Gasteiger charge is 2.16. The number of benzene rings is 2. The summed E-state index contributed by atoms with van der Waals surface area (Å²) in [7, 11) is 1.49. The van der Waals surface area contributed by atoms with Gasteiger partial charge in [0.25, 0.3) is 0 Å². The Kier molecular flexibility index (Phi) is 4.84. The van der Waals surface area contributed by atoms with Crippen LogP contribution < -0.4 is 21.1 Å². The van der Waals surface area contributed by atoms with E-state index in [1.807, 2.05) is 0 Å². The molecule has 4 N–H and O–H groups in total. The molecule has 0 saturated carbocycles. The van der Waals surface area contributed by atoms with E-state index in [-0.39, 0.29) is 0 Å². The Hall–Kier alpha value is -3.81. The van der Waals surface area contributed by atoms with Crippen LogP contribution in [-0.2, 0) is 9.59 Å². The summed E-state index contributed by atoms with van der Waals surface area (Å²) in [5.41, 5.74) is 7.63. The zero-order valence-electron chi connectivity index (χ0n) is 13.9. The van der Waals surface area contributed by atoms with E-state index in [0.717, 1.165) is 0 Å². The average Bonchev–Trinajstić information content (AvgIpc) is 3.16. The summed E-state index contributed by atoms with van der Waals surface area (Å²) in [6.07, 6.45) is 2.86. The Morgan fingerprint density at radius 2 is 1.81 bits per heavy atom. The van der Waals surface area contributed by atoms with Crippen molar-refractivity contribution in [2.45, 2.75) is 0 Å². The molecule has 8 heteroatoms. The van der Waals surface area contributed by atoms with Crippen molar-refractivity contribution in [1.29, 1.82) is 0 Å². The molecule has 2 aromatic carbocycles. The van der Waals surface area contributed by atoms with Gasteiger partial charge >= 0.3 is 11.8 Å². The molecule has 0 saturated heterocycles. The molecule has 0 aliphatic rings. The number of aromatic nitrogens is 1. The van der Waals surface area contributed by atoms with Gasteiger partial charge in [-0.3, -0.25) is 9.59 Å². The molecule has 0 unspecified atom stereocenters. The predicted octanol–water partition coefficient (Wildman–Crippen LogP) is 2.51. The number of ether oxygens (including phenoxy) is 1. The largest absolute Gasteiger partial charge is 0.496 e. The van der Waals surface area contributed by atoms with E-state index in [1.165, 1.54) is 13.5 Å². The van der Waals surface area contributed by atoms with Gasteiger partial charge in [-0.2, -0.15) is 0 Å². The highest BCUT2D eigenvalue weighted by molar-refractivity contribution is 6.43. The lowest BCUT2D eigenvalue weighted by Crippen LogP contribution is -2.29. The van der Waals surface area contributed by atoms with Crippen LogP contribution in [0.15, 0.2) is 59.5 Å². The number of hydrogen-bond acceptors (Lipinski definition) is 6. The Labute approximate surface area is 149 Å². The monoisotopic (exact) mass is 352 g/mol. The van der Waals surface area contributed by atoms with Crippen molar-refractivity contribution >= 4 is 28.9 Å². The lowest BCUT2D eigenvalue weighted by molar-refractivity contribution is -0.132. The van der Waals surface area contributed by atoms with Crippen LogP contribution in [-0.4, -0.2) is 23.9 Å². The van der Waals surface area contributed by atoms with Crippen LogP contribution in [0.25, 0.3) is 11.3 Å². The fourth-order valence-corrected chi connectivity index (χ4v) is 2.31. The van der Waals surface area contributed by atoms with E-state index in [1.54, 1.807) is 48.7 Å². The molecule has 0 radical (unpaired) electrons. The molecule has 0 spiro atoms. The van der Waals surface area contributed by atoms with Crippen LogP contribution in [0.5, 0.6) is 5.75 Å². The van der Waals surface area contributed by atoms with Gasteiger partial charge in [-0.15, -0.1) is 0 Å². The summed E-state index contributed by atoms with van der Waals surface area (Å²) < 4.78 is 10.6. The standard InChI is InChI=1S/C18H16N4O4/c1-25-15-8-13(5-6-14(15)16-9-20-10-26-16)22-18(24)17(23)21-12-4-2-3-11(19)7-12/h2-10H,19H2,1H3,(H,21,23)(H,22,24). The molecular weight excluding hydrogens is 336 g/mol. The van der Waals surface area contributed by atoms with Gasteiger partial charge in [0, 0.05) is 23.1 Å². The van der Waals surface area contributed by atoms with Gasteiger partial charge in [-0.05, 0) is 30.3 Å². The van der Waals surface area contributed by atoms with Crippen LogP contribution >= 0.6 is 0 Å². The van der Waals surface area contributed by atoms with Crippen molar-refractivity contribution in [3.8, 4) is 17.1 Å². The fourth-order valence-electron chi connectivity index (χ4n) is 2.31. The minimum atomic E-state index is -0.818. The smallest absolute Gasteiger partial charge is 0.314 e. The fraction of sp³-hybridized carbons (Fsp3) is 0.0556. The van der Waals surface area contributed by atoms with Crippen molar-refractivity contribution in [2.75, 3.05) is 23.5 Å². The lowest BCUT2D eigenvalue weighted by atomic mass is 10.1. The normalized spacial score (nSPS) is 10.2. The molecule has 1 aromatic heterocycles. The number of anilines is 3. The van der Waals surface area contributed by atoms with E-state index >= 15 is 0 Å². The van der Waals surface area contributed by atoms with Crippen LogP contribution in [0, 0.1) is 0 Å². The minimum Gasteiger partial charge on any atom is -0.496 e. The number of carbonyl (C=O) groups is 2. The Morgan fingerprint density at radius 1 is 1.08 bits per heavy atom. The number of oxazole rings is 1. The molecule has 0 atom stereocenters. The second kappa shape index (κ2) is 7.39. The predicted molar refractivity (Wildman–Crippen MR) is 96.6 cm³/mol. The molecule has 132 valence electrons.